The first-order valence-corrected chi connectivity index (χ1v) is 4.16. The van der Waals surface area contributed by atoms with Crippen molar-refractivity contribution < 1.29 is 18.3 Å². The van der Waals surface area contributed by atoms with Crippen molar-refractivity contribution in [3.8, 4) is 0 Å². The van der Waals surface area contributed by atoms with Crippen molar-refractivity contribution in [1.29, 1.82) is 0 Å². The number of nitrogens with zero attached hydrogens (tertiary/aromatic N) is 1. The van der Waals surface area contributed by atoms with E-state index in [1.807, 2.05) is 0 Å². The quantitative estimate of drug-likeness (QED) is 0.804. The Labute approximate surface area is 79.4 Å². The molecule has 78 valence electrons. The van der Waals surface area contributed by atoms with Gasteiger partial charge in [0.2, 0.25) is 0 Å². The molecule has 1 aromatic heterocycles. The summed E-state index contributed by atoms with van der Waals surface area (Å²) in [6.45, 7) is 1.74. The second-order valence-corrected chi connectivity index (χ2v) is 2.90. The molecule has 0 saturated heterocycles. The van der Waals surface area contributed by atoms with Gasteiger partial charge in [-0.1, -0.05) is 13.0 Å². The Kier molecular flexibility index (Phi) is 3.10. The van der Waals surface area contributed by atoms with E-state index in [1.165, 1.54) is 6.07 Å². The summed E-state index contributed by atoms with van der Waals surface area (Å²) in [6.07, 6.45) is -3.66. The zero-order chi connectivity index (χ0) is 10.8. The summed E-state index contributed by atoms with van der Waals surface area (Å²) in [5.41, 5.74) is -0.537. The van der Waals surface area contributed by atoms with Crippen molar-refractivity contribution in [1.82, 2.24) is 4.98 Å². The van der Waals surface area contributed by atoms with E-state index < -0.39 is 18.0 Å². The molecular weight excluding hydrogens is 195 g/mol. The SMILES string of the molecule is CC[C@H](O)c1ccc(C(F)(F)F)nc1. The normalized spacial score (nSPS) is 14.1. The summed E-state index contributed by atoms with van der Waals surface area (Å²) >= 11 is 0. The van der Waals surface area contributed by atoms with Crippen LogP contribution in [0.3, 0.4) is 0 Å². The number of halogens is 3. The monoisotopic (exact) mass is 205 g/mol. The Bertz CT molecular complexity index is 294. The molecule has 0 radical (unpaired) electrons. The summed E-state index contributed by atoms with van der Waals surface area (Å²) in [6, 6.07) is 2.11. The standard InChI is InChI=1S/C9H10F3NO/c1-2-7(14)6-3-4-8(13-5-6)9(10,11)12/h3-5,7,14H,2H2,1H3/t7-/m0/s1. The molecule has 0 bridgehead atoms. The number of pyridine rings is 1. The minimum absolute atomic E-state index is 0.403. The van der Waals surface area contributed by atoms with Crippen molar-refractivity contribution >= 4 is 0 Å². The third-order valence-corrected chi connectivity index (χ3v) is 1.85. The van der Waals surface area contributed by atoms with E-state index in [-0.39, 0.29) is 0 Å². The second-order valence-electron chi connectivity index (χ2n) is 2.90. The third kappa shape index (κ3) is 2.45. The van der Waals surface area contributed by atoms with E-state index >= 15 is 0 Å². The molecule has 0 saturated carbocycles. The second kappa shape index (κ2) is 3.96. The first-order chi connectivity index (χ1) is 6.45. The fraction of sp³-hybridized carbons (Fsp3) is 0.444. The molecule has 0 spiro atoms. The van der Waals surface area contributed by atoms with Gasteiger partial charge in [0.05, 0.1) is 6.10 Å². The topological polar surface area (TPSA) is 33.1 Å². The van der Waals surface area contributed by atoms with Gasteiger partial charge >= 0.3 is 6.18 Å². The summed E-state index contributed by atoms with van der Waals surface area (Å²) in [5.74, 6) is 0. The van der Waals surface area contributed by atoms with Gasteiger partial charge in [-0.3, -0.25) is 4.98 Å². The molecule has 0 amide bonds. The van der Waals surface area contributed by atoms with Crippen LogP contribution in [0.15, 0.2) is 18.3 Å². The Morgan fingerprint density at radius 3 is 2.43 bits per heavy atom. The average molecular weight is 205 g/mol. The maximum absolute atomic E-state index is 12.1. The van der Waals surface area contributed by atoms with Crippen LogP contribution in [0.4, 0.5) is 13.2 Å². The first-order valence-electron chi connectivity index (χ1n) is 4.16. The van der Waals surface area contributed by atoms with Crippen molar-refractivity contribution in [2.75, 3.05) is 0 Å². The summed E-state index contributed by atoms with van der Waals surface area (Å²) < 4.78 is 36.2. The lowest BCUT2D eigenvalue weighted by atomic mass is 10.1. The van der Waals surface area contributed by atoms with Crippen LogP contribution in [0, 0.1) is 0 Å². The Morgan fingerprint density at radius 2 is 2.07 bits per heavy atom. The molecule has 1 heterocycles. The lowest BCUT2D eigenvalue weighted by Crippen LogP contribution is -2.08. The molecule has 0 aliphatic carbocycles. The first kappa shape index (κ1) is 11.0. The van der Waals surface area contributed by atoms with Crippen molar-refractivity contribution in [3.05, 3.63) is 29.6 Å². The lowest BCUT2D eigenvalue weighted by Gasteiger charge is -2.09. The number of hydrogen-bond acceptors (Lipinski definition) is 2. The highest BCUT2D eigenvalue weighted by Crippen LogP contribution is 2.28. The molecule has 1 aromatic rings. The molecule has 0 aromatic carbocycles. The van der Waals surface area contributed by atoms with Crippen LogP contribution < -0.4 is 0 Å². The number of aliphatic hydroxyl groups excluding tert-OH is 1. The van der Waals surface area contributed by atoms with Crippen LogP contribution in [-0.4, -0.2) is 10.1 Å². The van der Waals surface area contributed by atoms with E-state index in [0.29, 0.717) is 12.0 Å². The van der Waals surface area contributed by atoms with Crippen molar-refractivity contribution in [2.45, 2.75) is 25.6 Å². The molecule has 1 N–H and O–H groups in total. The maximum Gasteiger partial charge on any atom is 0.433 e. The summed E-state index contributed by atoms with van der Waals surface area (Å²) in [5, 5.41) is 9.30. The number of hydrogen-bond donors (Lipinski definition) is 1. The zero-order valence-corrected chi connectivity index (χ0v) is 7.54. The van der Waals surface area contributed by atoms with E-state index in [1.54, 1.807) is 6.92 Å². The molecular formula is C9H10F3NO. The van der Waals surface area contributed by atoms with Crippen LogP contribution in [0.1, 0.15) is 30.7 Å². The largest absolute Gasteiger partial charge is 0.433 e. The van der Waals surface area contributed by atoms with E-state index in [9.17, 15) is 18.3 Å². The van der Waals surface area contributed by atoms with Gasteiger partial charge in [-0.05, 0) is 18.1 Å². The molecule has 0 fully saturated rings. The van der Waals surface area contributed by atoms with Crippen molar-refractivity contribution in [3.63, 3.8) is 0 Å². The van der Waals surface area contributed by atoms with E-state index in [4.69, 9.17) is 0 Å². The van der Waals surface area contributed by atoms with Gasteiger partial charge in [-0.15, -0.1) is 0 Å². The Balaban J connectivity index is 2.89. The average Bonchev–Trinajstić information content (AvgIpc) is 2.15. The molecule has 2 nitrogen and oxygen atoms in total. The van der Waals surface area contributed by atoms with Gasteiger partial charge in [-0.25, -0.2) is 0 Å². The molecule has 5 heteroatoms. The van der Waals surface area contributed by atoms with Crippen LogP contribution in [-0.2, 0) is 6.18 Å². The fourth-order valence-electron chi connectivity index (χ4n) is 1.01. The summed E-state index contributed by atoms with van der Waals surface area (Å²) in [4.78, 5) is 3.23. The number of aromatic nitrogens is 1. The number of alkyl halides is 3. The fourth-order valence-corrected chi connectivity index (χ4v) is 1.01. The van der Waals surface area contributed by atoms with Crippen LogP contribution in [0.2, 0.25) is 0 Å². The van der Waals surface area contributed by atoms with Crippen LogP contribution >= 0.6 is 0 Å². The van der Waals surface area contributed by atoms with Gasteiger partial charge in [0.15, 0.2) is 0 Å². The number of rotatable bonds is 2. The maximum atomic E-state index is 12.1. The Morgan fingerprint density at radius 1 is 1.43 bits per heavy atom. The zero-order valence-electron chi connectivity index (χ0n) is 7.54. The predicted molar refractivity (Wildman–Crippen MR) is 44.5 cm³/mol. The molecule has 0 unspecified atom stereocenters. The highest BCUT2D eigenvalue weighted by molar-refractivity contribution is 5.17. The minimum Gasteiger partial charge on any atom is -0.388 e. The molecule has 0 aliphatic rings. The molecule has 0 aliphatic heterocycles. The van der Waals surface area contributed by atoms with E-state index in [2.05, 4.69) is 4.98 Å². The highest BCUT2D eigenvalue weighted by Gasteiger charge is 2.32. The van der Waals surface area contributed by atoms with Gasteiger partial charge in [-0.2, -0.15) is 13.2 Å². The smallest absolute Gasteiger partial charge is 0.388 e. The van der Waals surface area contributed by atoms with Gasteiger partial charge in [0.1, 0.15) is 5.69 Å². The summed E-state index contributed by atoms with van der Waals surface area (Å²) in [7, 11) is 0. The Hall–Kier alpha value is -1.10. The van der Waals surface area contributed by atoms with Crippen LogP contribution in [0.25, 0.3) is 0 Å². The third-order valence-electron chi connectivity index (χ3n) is 1.85. The van der Waals surface area contributed by atoms with Gasteiger partial charge < -0.3 is 5.11 Å². The number of aliphatic hydroxyl groups is 1. The van der Waals surface area contributed by atoms with Crippen LogP contribution in [0.5, 0.6) is 0 Å². The molecule has 1 rings (SSSR count). The van der Waals surface area contributed by atoms with Gasteiger partial charge in [0.25, 0.3) is 0 Å². The van der Waals surface area contributed by atoms with Crippen molar-refractivity contribution in [2.24, 2.45) is 0 Å². The van der Waals surface area contributed by atoms with E-state index in [0.717, 1.165) is 12.3 Å². The predicted octanol–water partition coefficient (Wildman–Crippen LogP) is 2.54. The minimum atomic E-state index is -4.42. The molecule has 1 atom stereocenters. The molecule has 14 heavy (non-hydrogen) atoms. The lowest BCUT2D eigenvalue weighted by molar-refractivity contribution is -0.141. The highest BCUT2D eigenvalue weighted by atomic mass is 19.4. The van der Waals surface area contributed by atoms with Gasteiger partial charge in [0, 0.05) is 6.20 Å².